The van der Waals surface area contributed by atoms with Crippen LogP contribution in [0.3, 0.4) is 0 Å². The van der Waals surface area contributed by atoms with Crippen molar-refractivity contribution in [3.63, 3.8) is 0 Å². The number of hydrogen-bond donors (Lipinski definition) is 1. The standard InChI is InChI=1S/C12H12BrF2NO2/c1-18-11(17)7-2-3-9(13)8(6-7)10-12(14,15)4-5-16-10/h2-3,6,10,16H,4-5H2,1H3/t10-/m1/s1. The van der Waals surface area contributed by atoms with Crippen molar-refractivity contribution in [3.05, 3.63) is 33.8 Å². The number of ether oxygens (including phenoxy) is 1. The minimum absolute atomic E-state index is 0.202. The van der Waals surface area contributed by atoms with Gasteiger partial charge in [-0.05, 0) is 23.8 Å². The molecule has 0 saturated carbocycles. The van der Waals surface area contributed by atoms with Gasteiger partial charge in [0.1, 0.15) is 0 Å². The maximum absolute atomic E-state index is 13.7. The molecule has 1 atom stereocenters. The molecular formula is C12H12BrF2NO2. The molecule has 1 N–H and O–H groups in total. The van der Waals surface area contributed by atoms with Crippen molar-refractivity contribution < 1.29 is 18.3 Å². The number of esters is 1. The molecule has 0 spiro atoms. The average Bonchev–Trinajstić information content (AvgIpc) is 2.68. The summed E-state index contributed by atoms with van der Waals surface area (Å²) in [5.74, 6) is -3.35. The molecule has 1 aliphatic rings. The Morgan fingerprint density at radius 3 is 2.83 bits per heavy atom. The Bertz CT molecular complexity index is 479. The first kappa shape index (κ1) is 13.4. The molecule has 0 radical (unpaired) electrons. The van der Waals surface area contributed by atoms with Crippen molar-refractivity contribution in [3.8, 4) is 0 Å². The van der Waals surface area contributed by atoms with E-state index in [1.807, 2.05) is 0 Å². The number of rotatable bonds is 2. The highest BCUT2D eigenvalue weighted by molar-refractivity contribution is 9.10. The molecule has 0 aliphatic carbocycles. The maximum Gasteiger partial charge on any atom is 0.337 e. The average molecular weight is 320 g/mol. The van der Waals surface area contributed by atoms with Gasteiger partial charge in [0.05, 0.1) is 18.7 Å². The minimum atomic E-state index is -2.81. The molecule has 0 amide bonds. The largest absolute Gasteiger partial charge is 0.465 e. The van der Waals surface area contributed by atoms with E-state index < -0.39 is 17.9 Å². The van der Waals surface area contributed by atoms with E-state index in [-0.39, 0.29) is 18.5 Å². The monoisotopic (exact) mass is 319 g/mol. The van der Waals surface area contributed by atoms with Gasteiger partial charge in [-0.15, -0.1) is 0 Å². The van der Waals surface area contributed by atoms with E-state index in [9.17, 15) is 13.6 Å². The lowest BCUT2D eigenvalue weighted by molar-refractivity contribution is -0.0119. The van der Waals surface area contributed by atoms with E-state index >= 15 is 0 Å². The Labute approximate surface area is 112 Å². The van der Waals surface area contributed by atoms with Crippen molar-refractivity contribution in [2.45, 2.75) is 18.4 Å². The first-order valence-corrected chi connectivity index (χ1v) is 6.24. The summed E-state index contributed by atoms with van der Waals surface area (Å²) in [6.07, 6.45) is -0.202. The Morgan fingerprint density at radius 2 is 2.28 bits per heavy atom. The smallest absolute Gasteiger partial charge is 0.337 e. The van der Waals surface area contributed by atoms with Gasteiger partial charge in [0.15, 0.2) is 0 Å². The third-order valence-corrected chi connectivity index (χ3v) is 3.68. The van der Waals surface area contributed by atoms with Gasteiger partial charge in [0.2, 0.25) is 0 Å². The first-order chi connectivity index (χ1) is 8.45. The fourth-order valence-electron chi connectivity index (χ4n) is 2.02. The third kappa shape index (κ3) is 2.40. The van der Waals surface area contributed by atoms with Crippen LogP contribution in [0, 0.1) is 0 Å². The summed E-state index contributed by atoms with van der Waals surface area (Å²) in [5.41, 5.74) is 0.639. The summed E-state index contributed by atoms with van der Waals surface area (Å²) in [6.45, 7) is 0.257. The SMILES string of the molecule is COC(=O)c1ccc(Br)c([C@H]2NCCC2(F)F)c1. The van der Waals surface area contributed by atoms with Crippen LogP contribution in [0.15, 0.2) is 22.7 Å². The Hall–Kier alpha value is -1.01. The van der Waals surface area contributed by atoms with E-state index in [4.69, 9.17) is 0 Å². The lowest BCUT2D eigenvalue weighted by Gasteiger charge is -2.21. The summed E-state index contributed by atoms with van der Waals surface area (Å²) in [7, 11) is 1.26. The molecule has 1 aromatic rings. The van der Waals surface area contributed by atoms with E-state index in [1.165, 1.54) is 19.2 Å². The van der Waals surface area contributed by atoms with Crippen LogP contribution in [0.25, 0.3) is 0 Å². The number of alkyl halides is 2. The van der Waals surface area contributed by atoms with Gasteiger partial charge >= 0.3 is 5.97 Å². The Morgan fingerprint density at radius 1 is 1.56 bits per heavy atom. The molecule has 1 aromatic carbocycles. The normalized spacial score (nSPS) is 21.9. The van der Waals surface area contributed by atoms with E-state index in [0.717, 1.165) is 0 Å². The molecule has 18 heavy (non-hydrogen) atoms. The van der Waals surface area contributed by atoms with Gasteiger partial charge in [-0.25, -0.2) is 13.6 Å². The zero-order chi connectivity index (χ0) is 13.3. The molecule has 2 rings (SSSR count). The predicted octanol–water partition coefficient (Wildman–Crippen LogP) is 2.91. The molecule has 0 unspecified atom stereocenters. The Balaban J connectivity index is 2.41. The summed E-state index contributed by atoms with van der Waals surface area (Å²) in [4.78, 5) is 11.4. The Kier molecular flexibility index (Phi) is 3.68. The van der Waals surface area contributed by atoms with Gasteiger partial charge in [-0.3, -0.25) is 0 Å². The molecular weight excluding hydrogens is 308 g/mol. The highest BCUT2D eigenvalue weighted by Crippen LogP contribution is 2.41. The van der Waals surface area contributed by atoms with Crippen LogP contribution in [0.1, 0.15) is 28.4 Å². The van der Waals surface area contributed by atoms with E-state index in [0.29, 0.717) is 10.0 Å². The zero-order valence-electron chi connectivity index (χ0n) is 9.67. The van der Waals surface area contributed by atoms with E-state index in [2.05, 4.69) is 26.0 Å². The highest BCUT2D eigenvalue weighted by Gasteiger charge is 2.45. The number of halogens is 3. The molecule has 1 heterocycles. The fraction of sp³-hybridized carbons (Fsp3) is 0.417. The summed E-state index contributed by atoms with van der Waals surface area (Å²) >= 11 is 3.24. The molecule has 6 heteroatoms. The second kappa shape index (κ2) is 4.93. The van der Waals surface area contributed by atoms with Gasteiger partial charge < -0.3 is 10.1 Å². The first-order valence-electron chi connectivity index (χ1n) is 5.44. The van der Waals surface area contributed by atoms with Crippen molar-refractivity contribution in [1.82, 2.24) is 5.32 Å². The number of carbonyl (C=O) groups is 1. The summed E-state index contributed by atoms with van der Waals surface area (Å²) in [6, 6.07) is 3.48. The second-order valence-electron chi connectivity index (χ2n) is 4.13. The van der Waals surface area contributed by atoms with Crippen LogP contribution in [-0.2, 0) is 4.74 Å². The van der Waals surface area contributed by atoms with Crippen LogP contribution in [0.5, 0.6) is 0 Å². The maximum atomic E-state index is 13.7. The van der Waals surface area contributed by atoms with E-state index in [1.54, 1.807) is 6.07 Å². The number of benzene rings is 1. The van der Waals surface area contributed by atoms with Gasteiger partial charge in [-0.2, -0.15) is 0 Å². The fourth-order valence-corrected chi connectivity index (χ4v) is 2.50. The van der Waals surface area contributed by atoms with Crippen LogP contribution in [-0.4, -0.2) is 25.5 Å². The number of hydrogen-bond acceptors (Lipinski definition) is 3. The molecule has 0 aromatic heterocycles. The zero-order valence-corrected chi connectivity index (χ0v) is 11.3. The molecule has 1 fully saturated rings. The molecule has 98 valence electrons. The molecule has 1 aliphatic heterocycles. The summed E-state index contributed by atoms with van der Waals surface area (Å²) < 4.78 is 32.5. The van der Waals surface area contributed by atoms with Crippen LogP contribution < -0.4 is 5.32 Å². The lowest BCUT2D eigenvalue weighted by atomic mass is 10.00. The number of carbonyl (C=O) groups excluding carboxylic acids is 1. The van der Waals surface area contributed by atoms with Crippen molar-refractivity contribution in [1.29, 1.82) is 0 Å². The van der Waals surface area contributed by atoms with Gasteiger partial charge in [0.25, 0.3) is 5.92 Å². The second-order valence-corrected chi connectivity index (χ2v) is 4.98. The minimum Gasteiger partial charge on any atom is -0.465 e. The summed E-state index contributed by atoms with van der Waals surface area (Å²) in [5, 5.41) is 2.76. The third-order valence-electron chi connectivity index (χ3n) is 2.96. The molecule has 1 saturated heterocycles. The topological polar surface area (TPSA) is 38.3 Å². The predicted molar refractivity (Wildman–Crippen MR) is 65.8 cm³/mol. The quantitative estimate of drug-likeness (QED) is 0.852. The highest BCUT2D eigenvalue weighted by atomic mass is 79.9. The molecule has 0 bridgehead atoms. The van der Waals surface area contributed by atoms with Gasteiger partial charge in [-0.1, -0.05) is 15.9 Å². The van der Waals surface area contributed by atoms with Crippen molar-refractivity contribution in [2.24, 2.45) is 0 Å². The van der Waals surface area contributed by atoms with Crippen molar-refractivity contribution in [2.75, 3.05) is 13.7 Å². The molecule has 3 nitrogen and oxygen atoms in total. The lowest BCUT2D eigenvalue weighted by Crippen LogP contribution is -2.27. The van der Waals surface area contributed by atoms with Crippen LogP contribution in [0.2, 0.25) is 0 Å². The van der Waals surface area contributed by atoms with Crippen molar-refractivity contribution >= 4 is 21.9 Å². The number of methoxy groups -OCH3 is 1. The van der Waals surface area contributed by atoms with Gasteiger partial charge in [0, 0.05) is 17.4 Å². The van der Waals surface area contributed by atoms with Crippen LogP contribution >= 0.6 is 15.9 Å². The number of nitrogens with one attached hydrogen (secondary N) is 1. The van der Waals surface area contributed by atoms with Crippen LogP contribution in [0.4, 0.5) is 8.78 Å².